The molecule has 2 rings (SSSR count). The molecule has 1 amide bonds. The van der Waals surface area contributed by atoms with Crippen LogP contribution in [0.2, 0.25) is 0 Å². The van der Waals surface area contributed by atoms with Gasteiger partial charge in [0.2, 0.25) is 17.1 Å². The van der Waals surface area contributed by atoms with Crippen LogP contribution in [0.15, 0.2) is 0 Å². The molecule has 0 radical (unpaired) electrons. The summed E-state index contributed by atoms with van der Waals surface area (Å²) in [6.07, 6.45) is -14.2. The van der Waals surface area contributed by atoms with Crippen molar-refractivity contribution in [2.24, 2.45) is 0 Å². The van der Waals surface area contributed by atoms with Crippen LogP contribution in [0, 0.1) is 0 Å². The Kier molecular flexibility index (Phi) is 18.1. The summed E-state index contributed by atoms with van der Waals surface area (Å²) in [5.74, 6) is -9.34. The summed E-state index contributed by atoms with van der Waals surface area (Å²) in [6.45, 7) is 7.74. The van der Waals surface area contributed by atoms with Crippen LogP contribution in [0.5, 0.6) is 0 Å². The molecule has 0 aromatic heterocycles. The zero-order chi connectivity index (χ0) is 43.4. The lowest BCUT2D eigenvalue weighted by atomic mass is 9.89. The first-order valence-electron chi connectivity index (χ1n) is 17.2. The molecule has 320 valence electrons. The molecule has 0 unspecified atom stereocenters. The average molecular weight is 838 g/mol. The number of rotatable bonds is 17. The molecule has 57 heavy (non-hydrogen) atoms. The number of ether oxygens (including phenoxy) is 11. The second kappa shape index (κ2) is 21.5. The van der Waals surface area contributed by atoms with Crippen molar-refractivity contribution < 1.29 is 100 Å². The standard InChI is InChI=1S/C34H47NO21S/c1-14(36)35-26-23(49-17(4)39)11-34(33(45)46-10,56-29(26)27(52-20(7)42)24(50-18(5)40)12-47-15(2)37)57-31-28(25(51-19(6)41)13-48-16(3)38)55-32(54-22(9)44)30(31)53-21(8)43/h23-32H,11-13H2,1-10H3,(H,35,36)/t23-,24+,25+,26+,27+,28-,29+,30+,31-,32-,34-/m0/s1. The molecule has 23 heteroatoms. The normalized spacial score (nSPS) is 26.8. The van der Waals surface area contributed by atoms with Crippen molar-refractivity contribution in [3.63, 3.8) is 0 Å². The van der Waals surface area contributed by atoms with Gasteiger partial charge in [0.05, 0.1) is 18.4 Å². The first-order valence-corrected chi connectivity index (χ1v) is 18.0. The van der Waals surface area contributed by atoms with Gasteiger partial charge in [0.15, 0.2) is 24.4 Å². The van der Waals surface area contributed by atoms with Gasteiger partial charge in [0.1, 0.15) is 31.5 Å². The lowest BCUT2D eigenvalue weighted by Crippen LogP contribution is -2.68. The Bertz CT molecular complexity index is 1550. The van der Waals surface area contributed by atoms with E-state index in [1.165, 1.54) is 0 Å². The van der Waals surface area contributed by atoms with Crippen LogP contribution >= 0.6 is 11.8 Å². The Morgan fingerprint density at radius 3 is 1.68 bits per heavy atom. The molecule has 0 bridgehead atoms. The molecule has 2 aliphatic heterocycles. The maximum atomic E-state index is 14.2. The Balaban J connectivity index is 3.02. The van der Waals surface area contributed by atoms with Gasteiger partial charge in [-0.3, -0.25) is 43.2 Å². The molecule has 0 aromatic carbocycles. The third kappa shape index (κ3) is 14.5. The van der Waals surface area contributed by atoms with Gasteiger partial charge in [0, 0.05) is 68.7 Å². The fourth-order valence-corrected chi connectivity index (χ4v) is 7.74. The predicted molar refractivity (Wildman–Crippen MR) is 185 cm³/mol. The molecule has 0 aromatic rings. The fourth-order valence-electron chi connectivity index (χ4n) is 6.01. The number of nitrogens with one attached hydrogen (secondary N) is 1. The van der Waals surface area contributed by atoms with E-state index in [0.717, 1.165) is 69.4 Å². The average Bonchev–Trinajstić information content (AvgIpc) is 3.37. The first-order chi connectivity index (χ1) is 26.5. The number of hydrogen-bond donors (Lipinski definition) is 1. The number of carbonyl (C=O) groups excluding carboxylic acids is 10. The van der Waals surface area contributed by atoms with Gasteiger partial charge in [-0.25, -0.2) is 4.79 Å². The summed E-state index contributed by atoms with van der Waals surface area (Å²) >= 11 is 0.463. The van der Waals surface area contributed by atoms with Crippen LogP contribution in [0.3, 0.4) is 0 Å². The van der Waals surface area contributed by atoms with E-state index in [-0.39, 0.29) is 0 Å². The maximum Gasteiger partial charge on any atom is 0.349 e. The van der Waals surface area contributed by atoms with Crippen molar-refractivity contribution in [3.05, 3.63) is 0 Å². The van der Waals surface area contributed by atoms with Crippen LogP contribution in [-0.2, 0) is 100 Å². The highest BCUT2D eigenvalue weighted by molar-refractivity contribution is 8.02. The molecule has 2 heterocycles. The van der Waals surface area contributed by atoms with E-state index < -0.39 is 145 Å². The fraction of sp³-hybridized carbons (Fsp3) is 0.706. The van der Waals surface area contributed by atoms with E-state index in [9.17, 15) is 47.9 Å². The molecule has 0 aliphatic carbocycles. The van der Waals surface area contributed by atoms with Gasteiger partial charge in [-0.2, -0.15) is 0 Å². The molecule has 22 nitrogen and oxygen atoms in total. The third-order valence-corrected chi connectivity index (χ3v) is 9.37. The molecule has 0 spiro atoms. The SMILES string of the molecule is COC(=O)[C@@]1(S[C@H]2[C@H]([C@@H](COC(C)=O)OC(C)=O)O[C@H](OC(C)=O)[C@@H]2OC(C)=O)C[C@H](OC(C)=O)[C@@H](NC(C)=O)[C@H]([C@H](OC(C)=O)[C@@H](COC(C)=O)OC(C)=O)O1. The number of amides is 1. The largest absolute Gasteiger partial charge is 0.466 e. The van der Waals surface area contributed by atoms with Crippen LogP contribution in [0.1, 0.15) is 68.7 Å². The highest BCUT2D eigenvalue weighted by Crippen LogP contribution is 2.49. The molecule has 1 N–H and O–H groups in total. The van der Waals surface area contributed by atoms with E-state index in [2.05, 4.69) is 5.32 Å². The van der Waals surface area contributed by atoms with E-state index in [1.54, 1.807) is 0 Å². The van der Waals surface area contributed by atoms with Gasteiger partial charge < -0.3 is 57.4 Å². The number of esters is 9. The Morgan fingerprint density at radius 1 is 0.667 bits per heavy atom. The smallest absolute Gasteiger partial charge is 0.349 e. The summed E-state index contributed by atoms with van der Waals surface area (Å²) in [5.41, 5.74) is 0. The van der Waals surface area contributed by atoms with Crippen LogP contribution < -0.4 is 5.32 Å². The van der Waals surface area contributed by atoms with E-state index in [1.807, 2.05) is 0 Å². The molecule has 0 saturated carbocycles. The lowest BCUT2D eigenvalue weighted by molar-refractivity contribution is -0.224. The van der Waals surface area contributed by atoms with E-state index >= 15 is 0 Å². The number of hydrogen-bond acceptors (Lipinski definition) is 22. The molecular formula is C34H47NO21S. The zero-order valence-corrected chi connectivity index (χ0v) is 33.7. The highest BCUT2D eigenvalue weighted by Gasteiger charge is 2.63. The summed E-state index contributed by atoms with van der Waals surface area (Å²) in [4.78, 5) is 123. The molecule has 11 atom stereocenters. The van der Waals surface area contributed by atoms with Crippen molar-refractivity contribution >= 4 is 71.4 Å². The van der Waals surface area contributed by atoms with Gasteiger partial charge >= 0.3 is 53.7 Å². The van der Waals surface area contributed by atoms with Crippen molar-refractivity contribution in [2.75, 3.05) is 20.3 Å². The second-order valence-corrected chi connectivity index (χ2v) is 14.1. The number of methoxy groups -OCH3 is 1. The summed E-state index contributed by atoms with van der Waals surface area (Å²) < 4.78 is 60.7. The van der Waals surface area contributed by atoms with Crippen molar-refractivity contribution in [1.82, 2.24) is 5.32 Å². The molecular weight excluding hydrogens is 790 g/mol. The van der Waals surface area contributed by atoms with Crippen molar-refractivity contribution in [2.45, 2.75) is 134 Å². The summed E-state index contributed by atoms with van der Waals surface area (Å²) in [6, 6.07) is -1.52. The van der Waals surface area contributed by atoms with Crippen LogP contribution in [0.25, 0.3) is 0 Å². The van der Waals surface area contributed by atoms with Gasteiger partial charge in [-0.15, -0.1) is 11.8 Å². The highest BCUT2D eigenvalue weighted by atomic mass is 32.2. The quantitative estimate of drug-likeness (QED) is 0.140. The minimum Gasteiger partial charge on any atom is -0.466 e. The lowest BCUT2D eigenvalue weighted by Gasteiger charge is -2.49. The second-order valence-electron chi connectivity index (χ2n) is 12.6. The monoisotopic (exact) mass is 837 g/mol. The topological polar surface area (TPSA) is 284 Å². The van der Waals surface area contributed by atoms with E-state index in [4.69, 9.17) is 52.1 Å². The van der Waals surface area contributed by atoms with E-state index in [0.29, 0.717) is 11.8 Å². The predicted octanol–water partition coefficient (Wildman–Crippen LogP) is -0.676. The van der Waals surface area contributed by atoms with Crippen molar-refractivity contribution in [3.8, 4) is 0 Å². The zero-order valence-electron chi connectivity index (χ0n) is 32.9. The van der Waals surface area contributed by atoms with Gasteiger partial charge in [-0.05, 0) is 0 Å². The minimum atomic E-state index is -2.51. The molecule has 2 fully saturated rings. The van der Waals surface area contributed by atoms with Crippen LogP contribution in [0.4, 0.5) is 0 Å². The Morgan fingerprint density at radius 2 is 1.21 bits per heavy atom. The van der Waals surface area contributed by atoms with Crippen molar-refractivity contribution in [1.29, 1.82) is 0 Å². The number of carbonyl (C=O) groups is 10. The Labute approximate surface area is 330 Å². The third-order valence-electron chi connectivity index (χ3n) is 7.75. The molecule has 2 aliphatic rings. The van der Waals surface area contributed by atoms with Gasteiger partial charge in [-0.1, -0.05) is 0 Å². The van der Waals surface area contributed by atoms with Crippen LogP contribution in [-0.4, -0.2) is 145 Å². The summed E-state index contributed by atoms with van der Waals surface area (Å²) in [7, 11) is 0.950. The minimum absolute atomic E-state index is 0.463. The van der Waals surface area contributed by atoms with Gasteiger partial charge in [0.25, 0.3) is 0 Å². The number of thioether (sulfide) groups is 1. The maximum absolute atomic E-state index is 14.2. The Hall–Kier alpha value is -5.03. The molecule has 2 saturated heterocycles. The first kappa shape index (κ1) is 48.1. The summed E-state index contributed by atoms with van der Waals surface area (Å²) in [5, 5.41) is 1.03.